The second-order valence-electron chi connectivity index (χ2n) is 8.81. The Morgan fingerprint density at radius 2 is 2.03 bits per heavy atom. The van der Waals surface area contributed by atoms with E-state index in [-0.39, 0.29) is 11.7 Å². The summed E-state index contributed by atoms with van der Waals surface area (Å²) in [5.41, 5.74) is 10.3. The molecule has 5 aromatic rings. The lowest BCUT2D eigenvalue weighted by Crippen LogP contribution is -2.23. The minimum Gasteiger partial charge on any atom is -0.383 e. The highest BCUT2D eigenvalue weighted by atomic mass is 19.1. The van der Waals surface area contributed by atoms with E-state index in [1.165, 1.54) is 12.4 Å². The number of amides is 1. The van der Waals surface area contributed by atoms with Gasteiger partial charge in [0.15, 0.2) is 5.82 Å². The largest absolute Gasteiger partial charge is 0.383 e. The number of fused-ring (bicyclic) bond motifs is 3. The van der Waals surface area contributed by atoms with Gasteiger partial charge in [0.2, 0.25) is 0 Å². The number of pyridine rings is 1. The zero-order valence-corrected chi connectivity index (χ0v) is 19.3. The molecule has 3 aromatic heterocycles. The molecular formula is C26H23FN8O. The molecule has 0 bridgehead atoms. The molecule has 4 heterocycles. The molecule has 0 radical (unpaired) electrons. The Morgan fingerprint density at radius 3 is 2.89 bits per heavy atom. The summed E-state index contributed by atoms with van der Waals surface area (Å²) in [5.74, 6) is 0.683. The molecule has 0 spiro atoms. The highest BCUT2D eigenvalue weighted by Crippen LogP contribution is 2.25. The molecule has 0 saturated heterocycles. The molecule has 1 aliphatic rings. The smallest absolute Gasteiger partial charge is 0.271 e. The third-order valence-electron chi connectivity index (χ3n) is 6.30. The van der Waals surface area contributed by atoms with Crippen LogP contribution in [0.1, 0.15) is 33.0 Å². The van der Waals surface area contributed by atoms with Crippen molar-refractivity contribution in [3.8, 4) is 0 Å². The number of nitrogen functional groups attached to an aromatic ring is 1. The van der Waals surface area contributed by atoms with E-state index in [0.29, 0.717) is 37.7 Å². The summed E-state index contributed by atoms with van der Waals surface area (Å²) in [5, 5.41) is 12.2. The third-order valence-corrected chi connectivity index (χ3v) is 6.30. The molecule has 0 fully saturated rings. The van der Waals surface area contributed by atoms with Gasteiger partial charge in [-0.05, 0) is 40.3 Å². The Hall–Kier alpha value is -4.73. The number of hydrogen-bond acceptors (Lipinski definition) is 6. The van der Waals surface area contributed by atoms with Crippen molar-refractivity contribution >= 4 is 28.2 Å². The van der Waals surface area contributed by atoms with Gasteiger partial charge in [-0.2, -0.15) is 5.10 Å². The molecule has 4 N–H and O–H groups in total. The maximum absolute atomic E-state index is 13.2. The summed E-state index contributed by atoms with van der Waals surface area (Å²) in [6.07, 6.45) is 6.03. The number of rotatable bonds is 5. The Balaban J connectivity index is 1.14. The fraction of sp³-hybridized carbons (Fsp3) is 0.154. The zero-order chi connectivity index (χ0) is 24.6. The fourth-order valence-electron chi connectivity index (χ4n) is 4.47. The number of aromatic nitrogens is 5. The first-order valence-corrected chi connectivity index (χ1v) is 11.5. The first kappa shape index (κ1) is 21.8. The fourth-order valence-corrected chi connectivity index (χ4v) is 4.47. The van der Waals surface area contributed by atoms with Gasteiger partial charge in [0.25, 0.3) is 5.91 Å². The number of nitrogens with zero attached hydrogens (tertiary/aromatic N) is 5. The number of anilines is 2. The normalized spacial score (nSPS) is 12.5. The monoisotopic (exact) mass is 482 g/mol. The molecule has 0 aliphatic carbocycles. The first-order chi connectivity index (χ1) is 17.5. The summed E-state index contributed by atoms with van der Waals surface area (Å²) in [7, 11) is 0. The van der Waals surface area contributed by atoms with Gasteiger partial charge < -0.3 is 20.9 Å². The van der Waals surface area contributed by atoms with Crippen LogP contribution in [0, 0.1) is 5.82 Å². The maximum atomic E-state index is 13.2. The van der Waals surface area contributed by atoms with E-state index in [1.54, 1.807) is 17.1 Å². The van der Waals surface area contributed by atoms with Crippen molar-refractivity contribution < 1.29 is 9.18 Å². The van der Waals surface area contributed by atoms with Crippen LogP contribution in [0.3, 0.4) is 0 Å². The topological polar surface area (TPSA) is 116 Å². The minimum absolute atomic E-state index is 0.230. The SMILES string of the molecule is Nc1nccc2cc(CNC(=O)c3cn4c(n3)CNc3cc(Cn5cc(F)cn5)ccc3C4)ccc12. The Bertz CT molecular complexity index is 1610. The number of nitrogens with two attached hydrogens (primary N) is 1. The second-order valence-corrected chi connectivity index (χ2v) is 8.81. The molecule has 6 rings (SSSR count). The van der Waals surface area contributed by atoms with Crippen LogP contribution in [0.4, 0.5) is 15.9 Å². The van der Waals surface area contributed by atoms with Gasteiger partial charge in [-0.15, -0.1) is 0 Å². The van der Waals surface area contributed by atoms with Crippen LogP contribution in [-0.2, 0) is 26.2 Å². The van der Waals surface area contributed by atoms with Gasteiger partial charge in [-0.3, -0.25) is 9.48 Å². The molecule has 2 aromatic carbocycles. The van der Waals surface area contributed by atoms with Crippen LogP contribution in [0.2, 0.25) is 0 Å². The lowest BCUT2D eigenvalue weighted by molar-refractivity contribution is 0.0946. The maximum Gasteiger partial charge on any atom is 0.271 e. The standard InChI is InChI=1S/C26H23FN8O/c27-20-10-32-35(14-20)12-17-1-3-19-13-34-15-23(33-24(34)11-30-22(19)8-17)26(36)31-9-16-2-4-21-18(7-16)5-6-29-25(21)28/h1-8,10,14-15,30H,9,11-13H2,(H2,28,29)(H,31,36). The van der Waals surface area contributed by atoms with Gasteiger partial charge >= 0.3 is 0 Å². The predicted molar refractivity (Wildman–Crippen MR) is 134 cm³/mol. The molecule has 180 valence electrons. The Morgan fingerprint density at radius 1 is 1.14 bits per heavy atom. The van der Waals surface area contributed by atoms with Gasteiger partial charge in [0.1, 0.15) is 17.3 Å². The van der Waals surface area contributed by atoms with Crippen molar-refractivity contribution in [3.05, 3.63) is 101 Å². The number of hydrogen-bond donors (Lipinski definition) is 3. The van der Waals surface area contributed by atoms with E-state index < -0.39 is 0 Å². The van der Waals surface area contributed by atoms with E-state index in [2.05, 4.69) is 25.7 Å². The van der Waals surface area contributed by atoms with E-state index in [0.717, 1.165) is 39.0 Å². The molecule has 9 nitrogen and oxygen atoms in total. The van der Waals surface area contributed by atoms with Crippen LogP contribution < -0.4 is 16.4 Å². The van der Waals surface area contributed by atoms with E-state index in [4.69, 9.17) is 5.73 Å². The highest BCUT2D eigenvalue weighted by molar-refractivity contribution is 5.93. The van der Waals surface area contributed by atoms with Gasteiger partial charge in [0, 0.05) is 30.0 Å². The van der Waals surface area contributed by atoms with Crippen LogP contribution in [-0.4, -0.2) is 30.2 Å². The Kier molecular flexibility index (Phi) is 5.33. The third kappa shape index (κ3) is 4.24. The molecule has 0 saturated carbocycles. The summed E-state index contributed by atoms with van der Waals surface area (Å²) in [6.45, 7) is 1.94. The van der Waals surface area contributed by atoms with E-state index >= 15 is 0 Å². The van der Waals surface area contributed by atoms with Crippen molar-refractivity contribution in [2.24, 2.45) is 0 Å². The number of benzene rings is 2. The molecule has 36 heavy (non-hydrogen) atoms. The van der Waals surface area contributed by atoms with Crippen LogP contribution in [0.5, 0.6) is 0 Å². The number of carbonyl (C=O) groups is 1. The number of halogens is 1. The quantitative estimate of drug-likeness (QED) is 0.354. The van der Waals surface area contributed by atoms with E-state index in [9.17, 15) is 9.18 Å². The molecule has 0 atom stereocenters. The van der Waals surface area contributed by atoms with Gasteiger partial charge in [-0.25, -0.2) is 14.4 Å². The number of imidazole rings is 1. The number of carbonyl (C=O) groups excluding carboxylic acids is 1. The average molecular weight is 483 g/mol. The summed E-state index contributed by atoms with van der Waals surface area (Å²) >= 11 is 0. The van der Waals surface area contributed by atoms with Crippen molar-refractivity contribution in [1.29, 1.82) is 0 Å². The molecule has 1 amide bonds. The molecular weight excluding hydrogens is 459 g/mol. The van der Waals surface area contributed by atoms with Gasteiger partial charge in [-0.1, -0.05) is 24.3 Å². The van der Waals surface area contributed by atoms with Crippen LogP contribution >= 0.6 is 0 Å². The molecule has 0 unspecified atom stereocenters. The van der Waals surface area contributed by atoms with Crippen LogP contribution in [0.25, 0.3) is 10.8 Å². The Labute approximate surface area is 205 Å². The molecule has 1 aliphatic heterocycles. The highest BCUT2D eigenvalue weighted by Gasteiger charge is 2.19. The van der Waals surface area contributed by atoms with E-state index in [1.807, 2.05) is 47.0 Å². The molecule has 10 heteroatoms. The average Bonchev–Trinajstić information content (AvgIpc) is 3.43. The lowest BCUT2D eigenvalue weighted by atomic mass is 10.1. The zero-order valence-electron chi connectivity index (χ0n) is 19.3. The van der Waals surface area contributed by atoms with Gasteiger partial charge in [0.05, 0.1) is 32.0 Å². The second kappa shape index (κ2) is 8.81. The lowest BCUT2D eigenvalue weighted by Gasteiger charge is -2.10. The van der Waals surface area contributed by atoms with Crippen molar-refractivity contribution in [3.63, 3.8) is 0 Å². The first-order valence-electron chi connectivity index (χ1n) is 11.5. The summed E-state index contributed by atoms with van der Waals surface area (Å²) in [4.78, 5) is 21.5. The summed E-state index contributed by atoms with van der Waals surface area (Å²) < 4.78 is 16.8. The predicted octanol–water partition coefficient (Wildman–Crippen LogP) is 3.30. The summed E-state index contributed by atoms with van der Waals surface area (Å²) in [6, 6.07) is 13.8. The van der Waals surface area contributed by atoms with Crippen molar-refractivity contribution in [2.45, 2.75) is 26.2 Å². The number of nitrogens with one attached hydrogen (secondary N) is 2. The van der Waals surface area contributed by atoms with Crippen molar-refractivity contribution in [2.75, 3.05) is 11.1 Å². The van der Waals surface area contributed by atoms with Crippen LogP contribution in [0.15, 0.2) is 67.3 Å². The van der Waals surface area contributed by atoms with Crippen molar-refractivity contribution in [1.82, 2.24) is 29.6 Å². The minimum atomic E-state index is -0.354.